The van der Waals surface area contributed by atoms with Gasteiger partial charge in [-0.1, -0.05) is 13.8 Å². The summed E-state index contributed by atoms with van der Waals surface area (Å²) in [5.41, 5.74) is 0.647. The number of nitrogens with zero attached hydrogens (tertiary/aromatic N) is 2. The molecule has 1 aliphatic heterocycles. The average molecular weight is 323 g/mol. The Bertz CT molecular complexity index is 559. The largest absolute Gasteiger partial charge is 0.454 e. The summed E-state index contributed by atoms with van der Waals surface area (Å²) in [5, 5.41) is 6.92. The Balaban J connectivity index is 1.92. The Morgan fingerprint density at radius 3 is 2.61 bits per heavy atom. The van der Waals surface area contributed by atoms with Crippen molar-refractivity contribution in [2.45, 2.75) is 45.6 Å². The van der Waals surface area contributed by atoms with Gasteiger partial charge in [-0.25, -0.2) is 9.59 Å². The minimum Gasteiger partial charge on any atom is -0.454 e. The van der Waals surface area contributed by atoms with E-state index in [9.17, 15) is 9.59 Å². The normalized spacial score (nSPS) is 17.2. The number of aromatic nitrogens is 2. The molecule has 1 saturated heterocycles. The Hall–Kier alpha value is -2.05. The molecular formula is C16H25N3O4. The maximum Gasteiger partial charge on any atom is 0.409 e. The Kier molecular flexibility index (Phi) is 5.28. The van der Waals surface area contributed by atoms with Crippen LogP contribution in [-0.2, 0) is 15.9 Å². The Labute approximate surface area is 136 Å². The number of esters is 1. The summed E-state index contributed by atoms with van der Waals surface area (Å²) >= 11 is 0. The molecule has 128 valence electrons. The number of amides is 1. The molecule has 0 unspecified atom stereocenters. The van der Waals surface area contributed by atoms with Crippen molar-refractivity contribution in [2.24, 2.45) is 5.92 Å². The quantitative estimate of drug-likeness (QED) is 0.860. The monoisotopic (exact) mass is 323 g/mol. The lowest BCUT2D eigenvalue weighted by Crippen LogP contribution is -2.47. The van der Waals surface area contributed by atoms with Crippen molar-refractivity contribution in [3.8, 4) is 0 Å². The van der Waals surface area contributed by atoms with Gasteiger partial charge in [-0.3, -0.25) is 5.10 Å². The SMILES string of the molecule is COC(=O)N1CCC(C)(OC(=O)c2cc(CC(C)C)[nH]n2)CC1. The van der Waals surface area contributed by atoms with Crippen molar-refractivity contribution in [3.05, 3.63) is 17.5 Å². The molecule has 7 heteroatoms. The third-order valence-electron chi connectivity index (χ3n) is 4.06. The topological polar surface area (TPSA) is 84.5 Å². The first kappa shape index (κ1) is 17.3. The fourth-order valence-corrected chi connectivity index (χ4v) is 2.68. The van der Waals surface area contributed by atoms with Crippen LogP contribution in [0.3, 0.4) is 0 Å². The molecule has 7 nitrogen and oxygen atoms in total. The van der Waals surface area contributed by atoms with Gasteiger partial charge in [0.15, 0.2) is 5.69 Å². The highest BCUT2D eigenvalue weighted by Crippen LogP contribution is 2.27. The standard InChI is InChI=1S/C16H25N3O4/c1-11(2)9-12-10-13(18-17-12)14(20)23-16(3)5-7-19(8-6-16)15(21)22-4/h10-11H,5-9H2,1-4H3,(H,17,18). The molecule has 0 bridgehead atoms. The predicted octanol–water partition coefficient (Wildman–Crippen LogP) is 2.39. The number of nitrogens with one attached hydrogen (secondary N) is 1. The first-order valence-corrected chi connectivity index (χ1v) is 7.93. The molecule has 0 aromatic carbocycles. The van der Waals surface area contributed by atoms with Crippen LogP contribution in [0.2, 0.25) is 0 Å². The van der Waals surface area contributed by atoms with E-state index in [0.29, 0.717) is 37.5 Å². The number of likely N-dealkylation sites (tertiary alicyclic amines) is 1. The highest BCUT2D eigenvalue weighted by Gasteiger charge is 2.36. The van der Waals surface area contributed by atoms with Crippen LogP contribution in [0, 0.1) is 5.92 Å². The number of carbonyl (C=O) groups is 2. The van der Waals surface area contributed by atoms with Crippen molar-refractivity contribution in [1.29, 1.82) is 0 Å². The fourth-order valence-electron chi connectivity index (χ4n) is 2.68. The fraction of sp³-hybridized carbons (Fsp3) is 0.688. The number of carbonyl (C=O) groups excluding carboxylic acids is 2. The summed E-state index contributed by atoms with van der Waals surface area (Å²) in [6.45, 7) is 7.12. The molecule has 1 fully saturated rings. The third kappa shape index (κ3) is 4.46. The van der Waals surface area contributed by atoms with Crippen LogP contribution < -0.4 is 0 Å². The van der Waals surface area contributed by atoms with Crippen LogP contribution in [0.1, 0.15) is 49.8 Å². The summed E-state index contributed by atoms with van der Waals surface area (Å²) < 4.78 is 10.4. The van der Waals surface area contributed by atoms with Gasteiger partial charge in [0.25, 0.3) is 0 Å². The van der Waals surface area contributed by atoms with E-state index in [1.165, 1.54) is 7.11 Å². The second-order valence-corrected chi connectivity index (χ2v) is 6.67. The van der Waals surface area contributed by atoms with Gasteiger partial charge in [-0.15, -0.1) is 0 Å². The van der Waals surface area contributed by atoms with Crippen molar-refractivity contribution in [3.63, 3.8) is 0 Å². The summed E-state index contributed by atoms with van der Waals surface area (Å²) in [5.74, 6) is 0.0600. The number of hydrogen-bond donors (Lipinski definition) is 1. The third-order valence-corrected chi connectivity index (χ3v) is 4.06. The second-order valence-electron chi connectivity index (χ2n) is 6.67. The number of piperidine rings is 1. The molecule has 1 aromatic rings. The highest BCUT2D eigenvalue weighted by molar-refractivity contribution is 5.87. The van der Waals surface area contributed by atoms with Gasteiger partial charge in [0, 0.05) is 31.6 Å². The van der Waals surface area contributed by atoms with Crippen LogP contribution >= 0.6 is 0 Å². The number of hydrogen-bond acceptors (Lipinski definition) is 5. The Morgan fingerprint density at radius 2 is 2.04 bits per heavy atom. The minimum atomic E-state index is -0.585. The van der Waals surface area contributed by atoms with Gasteiger partial charge in [0.1, 0.15) is 5.60 Å². The summed E-state index contributed by atoms with van der Waals surface area (Å²) in [4.78, 5) is 25.4. The van der Waals surface area contributed by atoms with Gasteiger partial charge < -0.3 is 14.4 Å². The molecule has 0 radical (unpaired) electrons. The van der Waals surface area contributed by atoms with E-state index in [1.807, 2.05) is 6.92 Å². The van der Waals surface area contributed by atoms with Crippen LogP contribution in [0.25, 0.3) is 0 Å². The van der Waals surface area contributed by atoms with Crippen LogP contribution in [0.15, 0.2) is 6.07 Å². The maximum atomic E-state index is 12.3. The molecule has 1 amide bonds. The minimum absolute atomic E-state index is 0.303. The zero-order valence-electron chi connectivity index (χ0n) is 14.2. The van der Waals surface area contributed by atoms with Crippen LogP contribution in [0.4, 0.5) is 4.79 Å². The van der Waals surface area contributed by atoms with Crippen molar-refractivity contribution in [2.75, 3.05) is 20.2 Å². The molecule has 0 saturated carbocycles. The van der Waals surface area contributed by atoms with Gasteiger partial charge in [0.05, 0.1) is 7.11 Å². The van der Waals surface area contributed by atoms with Gasteiger partial charge in [-0.2, -0.15) is 5.10 Å². The Morgan fingerprint density at radius 1 is 1.39 bits per heavy atom. The molecule has 23 heavy (non-hydrogen) atoms. The number of aromatic amines is 1. The van der Waals surface area contributed by atoms with E-state index < -0.39 is 11.6 Å². The number of methoxy groups -OCH3 is 1. The van der Waals surface area contributed by atoms with E-state index >= 15 is 0 Å². The van der Waals surface area contributed by atoms with Gasteiger partial charge in [-0.05, 0) is 25.3 Å². The smallest absolute Gasteiger partial charge is 0.409 e. The lowest BCUT2D eigenvalue weighted by molar-refractivity contribution is -0.0386. The summed E-state index contributed by atoms with van der Waals surface area (Å²) in [6, 6.07) is 1.75. The maximum absolute atomic E-state index is 12.3. The first-order valence-electron chi connectivity index (χ1n) is 7.93. The molecule has 2 heterocycles. The average Bonchev–Trinajstić information content (AvgIpc) is 2.94. The zero-order valence-corrected chi connectivity index (χ0v) is 14.2. The lowest BCUT2D eigenvalue weighted by atomic mass is 9.93. The van der Waals surface area contributed by atoms with E-state index in [0.717, 1.165) is 12.1 Å². The molecule has 2 rings (SSSR count). The zero-order chi connectivity index (χ0) is 17.0. The molecule has 0 aliphatic carbocycles. The molecule has 0 spiro atoms. The lowest BCUT2D eigenvalue weighted by Gasteiger charge is -2.37. The van der Waals surface area contributed by atoms with Gasteiger partial charge in [0.2, 0.25) is 0 Å². The molecule has 1 aliphatic rings. The van der Waals surface area contributed by atoms with Crippen LogP contribution in [0.5, 0.6) is 0 Å². The van der Waals surface area contributed by atoms with E-state index in [-0.39, 0.29) is 6.09 Å². The number of rotatable bonds is 4. The van der Waals surface area contributed by atoms with Crippen molar-refractivity contribution >= 4 is 12.1 Å². The molecule has 1 aromatic heterocycles. The predicted molar refractivity (Wildman–Crippen MR) is 84.2 cm³/mol. The summed E-state index contributed by atoms with van der Waals surface area (Å²) in [7, 11) is 1.36. The molecular weight excluding hydrogens is 298 g/mol. The highest BCUT2D eigenvalue weighted by atomic mass is 16.6. The van der Waals surface area contributed by atoms with Gasteiger partial charge >= 0.3 is 12.1 Å². The number of H-pyrrole nitrogens is 1. The van der Waals surface area contributed by atoms with E-state index in [2.05, 4.69) is 24.0 Å². The molecule has 0 atom stereocenters. The van der Waals surface area contributed by atoms with Crippen LogP contribution in [-0.4, -0.2) is 53.0 Å². The summed E-state index contributed by atoms with van der Waals surface area (Å²) in [6.07, 6.45) is 1.66. The second kappa shape index (κ2) is 7.02. The number of ether oxygens (including phenoxy) is 2. The first-order chi connectivity index (χ1) is 10.8. The van der Waals surface area contributed by atoms with E-state index in [4.69, 9.17) is 9.47 Å². The van der Waals surface area contributed by atoms with Crippen molar-refractivity contribution in [1.82, 2.24) is 15.1 Å². The van der Waals surface area contributed by atoms with E-state index in [1.54, 1.807) is 11.0 Å². The molecule has 1 N–H and O–H groups in total. The van der Waals surface area contributed by atoms with Crippen molar-refractivity contribution < 1.29 is 19.1 Å².